The van der Waals surface area contributed by atoms with Gasteiger partial charge in [-0.2, -0.15) is 0 Å². The van der Waals surface area contributed by atoms with Crippen molar-refractivity contribution in [3.63, 3.8) is 0 Å². The van der Waals surface area contributed by atoms with Crippen molar-refractivity contribution in [2.75, 3.05) is 0 Å². The molecule has 0 fully saturated rings. The fraction of sp³-hybridized carbons (Fsp3) is 0.909. The molecule has 67 valence electrons. The Kier molecular flexibility index (Phi) is 5.62. The fourth-order valence-electron chi connectivity index (χ4n) is 1.51. The molecule has 0 nitrogen and oxygen atoms in total. The first kappa shape index (κ1) is 11.0. The Bertz CT molecular complexity index is 86.0. The summed E-state index contributed by atoms with van der Waals surface area (Å²) in [5.41, 5.74) is 0. The maximum Gasteiger partial charge on any atom is -0.0244 e. The monoisotopic (exact) mass is 155 g/mol. The third kappa shape index (κ3) is 3.79. The van der Waals surface area contributed by atoms with Crippen LogP contribution < -0.4 is 0 Å². The Morgan fingerprint density at radius 2 is 1.73 bits per heavy atom. The summed E-state index contributed by atoms with van der Waals surface area (Å²) in [6.07, 6.45) is 3.94. The lowest BCUT2D eigenvalue weighted by atomic mass is 9.81. The maximum atomic E-state index is 2.37. The molecule has 1 radical (unpaired) electrons. The largest absolute Gasteiger partial charge is 0.0654 e. The molecule has 11 heavy (non-hydrogen) atoms. The minimum absolute atomic E-state index is 0.819. The van der Waals surface area contributed by atoms with Crippen LogP contribution in [0.15, 0.2) is 0 Å². The van der Waals surface area contributed by atoms with E-state index in [4.69, 9.17) is 0 Å². The molecule has 0 heterocycles. The van der Waals surface area contributed by atoms with Gasteiger partial charge in [-0.3, -0.25) is 0 Å². The van der Waals surface area contributed by atoms with E-state index >= 15 is 0 Å². The number of rotatable bonds is 5. The van der Waals surface area contributed by atoms with Crippen molar-refractivity contribution >= 4 is 0 Å². The van der Waals surface area contributed by atoms with Gasteiger partial charge in [0.1, 0.15) is 0 Å². The molecule has 0 saturated heterocycles. The van der Waals surface area contributed by atoms with Crippen LogP contribution in [-0.4, -0.2) is 0 Å². The van der Waals surface area contributed by atoms with Gasteiger partial charge in [0, 0.05) is 0 Å². The van der Waals surface area contributed by atoms with Gasteiger partial charge in [0.15, 0.2) is 0 Å². The first-order valence-corrected chi connectivity index (χ1v) is 4.95. The Balaban J connectivity index is 3.70. The molecule has 0 N–H and O–H groups in total. The van der Waals surface area contributed by atoms with Gasteiger partial charge in [0.25, 0.3) is 0 Å². The van der Waals surface area contributed by atoms with Crippen LogP contribution >= 0.6 is 0 Å². The van der Waals surface area contributed by atoms with E-state index in [1.807, 2.05) is 0 Å². The summed E-state index contributed by atoms with van der Waals surface area (Å²) in [6.45, 7) is 11.5. The fourth-order valence-corrected chi connectivity index (χ4v) is 1.51. The van der Waals surface area contributed by atoms with Gasteiger partial charge >= 0.3 is 0 Å². The standard InChI is InChI=1S/C11H23/c1-6-8-10(4)11(5)9(3)7-2/h10-11H,6-8H2,1-5H3. The van der Waals surface area contributed by atoms with Crippen molar-refractivity contribution < 1.29 is 0 Å². The minimum Gasteiger partial charge on any atom is -0.0654 e. The third-order valence-corrected chi connectivity index (χ3v) is 2.93. The Morgan fingerprint density at radius 3 is 2.09 bits per heavy atom. The van der Waals surface area contributed by atoms with Gasteiger partial charge in [-0.05, 0) is 24.2 Å². The van der Waals surface area contributed by atoms with E-state index in [0.29, 0.717) is 0 Å². The Hall–Kier alpha value is 0. The van der Waals surface area contributed by atoms with Crippen LogP contribution in [0.5, 0.6) is 0 Å². The van der Waals surface area contributed by atoms with Crippen molar-refractivity contribution in [1.82, 2.24) is 0 Å². The molecule has 0 amide bonds. The van der Waals surface area contributed by atoms with E-state index < -0.39 is 0 Å². The second-order valence-corrected chi connectivity index (χ2v) is 3.75. The molecule has 0 aliphatic heterocycles. The quantitative estimate of drug-likeness (QED) is 0.561. The van der Waals surface area contributed by atoms with Crippen molar-refractivity contribution in [2.45, 2.75) is 53.9 Å². The summed E-state index contributed by atoms with van der Waals surface area (Å²) in [7, 11) is 0. The summed E-state index contributed by atoms with van der Waals surface area (Å²) in [5, 5.41) is 0. The average molecular weight is 155 g/mol. The SMILES string of the molecule is CCCC(C)C(C)[C](C)CC. The number of hydrogen-bond acceptors (Lipinski definition) is 0. The van der Waals surface area contributed by atoms with Crippen molar-refractivity contribution in [1.29, 1.82) is 0 Å². The van der Waals surface area contributed by atoms with Crippen molar-refractivity contribution in [3.8, 4) is 0 Å². The zero-order chi connectivity index (χ0) is 8.85. The van der Waals surface area contributed by atoms with E-state index in [9.17, 15) is 0 Å². The predicted molar refractivity (Wildman–Crippen MR) is 52.4 cm³/mol. The molecule has 0 spiro atoms. The molecule has 0 aromatic carbocycles. The third-order valence-electron chi connectivity index (χ3n) is 2.93. The number of hydrogen-bond donors (Lipinski definition) is 0. The molecular weight excluding hydrogens is 132 g/mol. The van der Waals surface area contributed by atoms with Crippen LogP contribution in [0.3, 0.4) is 0 Å². The van der Waals surface area contributed by atoms with Gasteiger partial charge in [-0.25, -0.2) is 0 Å². The van der Waals surface area contributed by atoms with Gasteiger partial charge in [0.05, 0.1) is 0 Å². The second-order valence-electron chi connectivity index (χ2n) is 3.75. The molecular formula is C11H23. The van der Waals surface area contributed by atoms with E-state index in [0.717, 1.165) is 11.8 Å². The lowest BCUT2D eigenvalue weighted by Gasteiger charge is -2.24. The Morgan fingerprint density at radius 1 is 1.18 bits per heavy atom. The van der Waals surface area contributed by atoms with E-state index in [-0.39, 0.29) is 0 Å². The van der Waals surface area contributed by atoms with Crippen molar-refractivity contribution in [2.24, 2.45) is 11.8 Å². The second kappa shape index (κ2) is 5.62. The molecule has 0 bridgehead atoms. The van der Waals surface area contributed by atoms with Crippen molar-refractivity contribution in [3.05, 3.63) is 5.92 Å². The average Bonchev–Trinajstić information content (AvgIpc) is 2.02. The lowest BCUT2D eigenvalue weighted by Crippen LogP contribution is -2.14. The highest BCUT2D eigenvalue weighted by Gasteiger charge is 2.16. The smallest absolute Gasteiger partial charge is 0.0244 e. The lowest BCUT2D eigenvalue weighted by molar-refractivity contribution is 0.365. The molecule has 0 aromatic heterocycles. The van der Waals surface area contributed by atoms with Crippen LogP contribution in [0.4, 0.5) is 0 Å². The molecule has 0 aliphatic carbocycles. The zero-order valence-electron chi connectivity index (χ0n) is 8.78. The normalized spacial score (nSPS) is 16.9. The summed E-state index contributed by atoms with van der Waals surface area (Å²) in [6, 6.07) is 0. The molecule has 0 heteroatoms. The summed E-state index contributed by atoms with van der Waals surface area (Å²) in [4.78, 5) is 0. The summed E-state index contributed by atoms with van der Waals surface area (Å²) in [5.74, 6) is 3.35. The zero-order valence-corrected chi connectivity index (χ0v) is 8.78. The van der Waals surface area contributed by atoms with Crippen LogP contribution in [0.1, 0.15) is 53.9 Å². The first-order valence-electron chi connectivity index (χ1n) is 4.95. The highest BCUT2D eigenvalue weighted by Crippen LogP contribution is 2.27. The van der Waals surface area contributed by atoms with Gasteiger partial charge in [-0.1, -0.05) is 47.5 Å². The van der Waals surface area contributed by atoms with E-state index in [1.54, 1.807) is 5.92 Å². The predicted octanol–water partition coefficient (Wildman–Crippen LogP) is 4.06. The van der Waals surface area contributed by atoms with Crippen LogP contribution in [-0.2, 0) is 0 Å². The summed E-state index contributed by atoms with van der Waals surface area (Å²) < 4.78 is 0. The summed E-state index contributed by atoms with van der Waals surface area (Å²) >= 11 is 0. The highest BCUT2D eigenvalue weighted by molar-refractivity contribution is 4.90. The molecule has 0 saturated carbocycles. The maximum absolute atomic E-state index is 2.37. The van der Waals surface area contributed by atoms with Gasteiger partial charge < -0.3 is 0 Å². The van der Waals surface area contributed by atoms with E-state index in [2.05, 4.69) is 34.6 Å². The van der Waals surface area contributed by atoms with Gasteiger partial charge in [-0.15, -0.1) is 0 Å². The molecule has 0 aliphatic rings. The topological polar surface area (TPSA) is 0 Å². The molecule has 2 unspecified atom stereocenters. The highest BCUT2D eigenvalue weighted by atomic mass is 14.2. The first-order chi connectivity index (χ1) is 5.13. The van der Waals surface area contributed by atoms with Gasteiger partial charge in [0.2, 0.25) is 0 Å². The molecule has 2 atom stereocenters. The Labute approximate surface area is 72.4 Å². The molecule has 0 rings (SSSR count). The molecule has 0 aromatic rings. The van der Waals surface area contributed by atoms with Crippen LogP contribution in [0.25, 0.3) is 0 Å². The van der Waals surface area contributed by atoms with Crippen LogP contribution in [0.2, 0.25) is 0 Å². The van der Waals surface area contributed by atoms with E-state index in [1.165, 1.54) is 19.3 Å². The minimum atomic E-state index is 0.819. The van der Waals surface area contributed by atoms with Crippen LogP contribution in [0, 0.1) is 17.8 Å².